The number of halogens is 1. The molecule has 0 bridgehead atoms. The van der Waals surface area contributed by atoms with Crippen LogP contribution >= 0.6 is 0 Å². The zero-order chi connectivity index (χ0) is 18.8. The molecular formula is C21H20FN3O2. The maximum Gasteiger partial charge on any atom is 0.257 e. The van der Waals surface area contributed by atoms with E-state index in [1.807, 2.05) is 30.3 Å². The first-order chi connectivity index (χ1) is 13.1. The van der Waals surface area contributed by atoms with Crippen molar-refractivity contribution in [2.45, 2.75) is 13.0 Å². The number of aromatic nitrogens is 2. The average molecular weight is 365 g/mol. The zero-order valence-corrected chi connectivity index (χ0v) is 15.0. The smallest absolute Gasteiger partial charge is 0.257 e. The minimum absolute atomic E-state index is 0.112. The lowest BCUT2D eigenvalue weighted by Gasteiger charge is -2.33. The van der Waals surface area contributed by atoms with Crippen LogP contribution in [-0.2, 0) is 4.74 Å². The summed E-state index contributed by atoms with van der Waals surface area (Å²) in [4.78, 5) is 14.8. The lowest BCUT2D eigenvalue weighted by Crippen LogP contribution is -2.42. The number of para-hydroxylation sites is 1. The van der Waals surface area contributed by atoms with Crippen LogP contribution in [0.1, 0.15) is 27.7 Å². The molecule has 1 aliphatic heterocycles. The van der Waals surface area contributed by atoms with E-state index >= 15 is 0 Å². The molecule has 138 valence electrons. The molecule has 0 N–H and O–H groups in total. The second-order valence-corrected chi connectivity index (χ2v) is 6.53. The van der Waals surface area contributed by atoms with E-state index in [9.17, 15) is 9.18 Å². The molecule has 2 aromatic carbocycles. The summed E-state index contributed by atoms with van der Waals surface area (Å²) in [7, 11) is 0. The fourth-order valence-corrected chi connectivity index (χ4v) is 3.36. The molecule has 3 aromatic rings. The van der Waals surface area contributed by atoms with E-state index in [4.69, 9.17) is 4.74 Å². The fraction of sp³-hybridized carbons (Fsp3) is 0.238. The highest BCUT2D eigenvalue weighted by Crippen LogP contribution is 2.24. The van der Waals surface area contributed by atoms with Crippen molar-refractivity contribution in [3.8, 4) is 5.69 Å². The summed E-state index contributed by atoms with van der Waals surface area (Å²) in [5.74, 6) is -0.488. The Morgan fingerprint density at radius 2 is 1.89 bits per heavy atom. The third-order valence-electron chi connectivity index (χ3n) is 4.85. The number of rotatable bonds is 3. The van der Waals surface area contributed by atoms with Crippen LogP contribution in [0.2, 0.25) is 0 Å². The van der Waals surface area contributed by atoms with Gasteiger partial charge in [0.1, 0.15) is 17.6 Å². The van der Waals surface area contributed by atoms with E-state index in [-0.39, 0.29) is 17.8 Å². The molecule has 0 aliphatic carbocycles. The number of nitrogens with zero attached hydrogens (tertiary/aromatic N) is 3. The molecule has 1 aromatic heterocycles. The van der Waals surface area contributed by atoms with Crippen molar-refractivity contribution in [1.29, 1.82) is 0 Å². The molecule has 2 heterocycles. The Hall–Kier alpha value is -2.99. The van der Waals surface area contributed by atoms with Crippen LogP contribution in [0.4, 0.5) is 4.39 Å². The van der Waals surface area contributed by atoms with Crippen LogP contribution < -0.4 is 0 Å². The summed E-state index contributed by atoms with van der Waals surface area (Å²) < 4.78 is 21.4. The van der Waals surface area contributed by atoms with Crippen LogP contribution in [0, 0.1) is 12.7 Å². The van der Waals surface area contributed by atoms with Gasteiger partial charge in [-0.1, -0.05) is 42.5 Å². The van der Waals surface area contributed by atoms with E-state index in [0.717, 1.165) is 5.56 Å². The molecule has 6 heteroatoms. The normalized spacial score (nSPS) is 17.1. The number of hydrogen-bond donors (Lipinski definition) is 0. The Kier molecular flexibility index (Phi) is 4.73. The van der Waals surface area contributed by atoms with Crippen molar-refractivity contribution < 1.29 is 13.9 Å². The number of benzene rings is 2. The van der Waals surface area contributed by atoms with Gasteiger partial charge in [0, 0.05) is 6.54 Å². The summed E-state index contributed by atoms with van der Waals surface area (Å²) in [5, 5.41) is 4.24. The highest BCUT2D eigenvalue weighted by Gasteiger charge is 2.28. The molecule has 1 saturated heterocycles. The molecule has 1 aliphatic rings. The average Bonchev–Trinajstić information content (AvgIpc) is 3.10. The van der Waals surface area contributed by atoms with Crippen molar-refractivity contribution >= 4 is 5.91 Å². The quantitative estimate of drug-likeness (QED) is 0.713. The third-order valence-corrected chi connectivity index (χ3v) is 4.85. The number of morpholine rings is 1. The summed E-state index contributed by atoms with van der Waals surface area (Å²) in [6, 6.07) is 16.3. The number of hydrogen-bond acceptors (Lipinski definition) is 3. The monoisotopic (exact) mass is 365 g/mol. The highest BCUT2D eigenvalue weighted by molar-refractivity contribution is 5.95. The number of carbonyl (C=O) groups excluding carboxylic acids is 1. The standard InChI is InChI=1S/C21H20FN3O2/c1-15-17(13-23-25(15)19-10-6-5-9-18(19)22)21(26)24-11-12-27-20(14-24)16-7-3-2-4-8-16/h2-10,13,20H,11-12,14H2,1H3. The number of amides is 1. The Morgan fingerprint density at radius 3 is 2.67 bits per heavy atom. The molecule has 1 fully saturated rings. The van der Waals surface area contributed by atoms with Crippen molar-refractivity contribution in [3.63, 3.8) is 0 Å². The van der Waals surface area contributed by atoms with Crippen LogP contribution in [0.3, 0.4) is 0 Å². The van der Waals surface area contributed by atoms with E-state index < -0.39 is 0 Å². The summed E-state index contributed by atoms with van der Waals surface area (Å²) in [5.41, 5.74) is 2.48. The number of carbonyl (C=O) groups is 1. The summed E-state index contributed by atoms with van der Waals surface area (Å²) in [6.07, 6.45) is 1.36. The summed E-state index contributed by atoms with van der Waals surface area (Å²) >= 11 is 0. The largest absolute Gasteiger partial charge is 0.370 e. The second-order valence-electron chi connectivity index (χ2n) is 6.53. The van der Waals surface area contributed by atoms with Crippen LogP contribution in [0.5, 0.6) is 0 Å². The number of ether oxygens (including phenoxy) is 1. The maximum atomic E-state index is 14.1. The van der Waals surface area contributed by atoms with Crippen LogP contribution in [0.15, 0.2) is 60.8 Å². The predicted molar refractivity (Wildman–Crippen MR) is 99.3 cm³/mol. The highest BCUT2D eigenvalue weighted by atomic mass is 19.1. The lowest BCUT2D eigenvalue weighted by atomic mass is 10.1. The van der Waals surface area contributed by atoms with Gasteiger partial charge in [-0.25, -0.2) is 9.07 Å². The first kappa shape index (κ1) is 17.4. The van der Waals surface area contributed by atoms with E-state index in [1.54, 1.807) is 30.0 Å². The maximum absolute atomic E-state index is 14.1. The molecule has 27 heavy (non-hydrogen) atoms. The SMILES string of the molecule is Cc1c(C(=O)N2CCOC(c3ccccc3)C2)cnn1-c1ccccc1F. The molecule has 0 radical (unpaired) electrons. The van der Waals surface area contributed by atoms with E-state index in [2.05, 4.69) is 5.10 Å². The summed E-state index contributed by atoms with van der Waals surface area (Å²) in [6.45, 7) is 3.26. The molecule has 0 spiro atoms. The lowest BCUT2D eigenvalue weighted by molar-refractivity contribution is -0.0228. The van der Waals surface area contributed by atoms with Gasteiger partial charge >= 0.3 is 0 Å². The molecule has 1 atom stereocenters. The van der Waals surface area contributed by atoms with Gasteiger partial charge in [-0.2, -0.15) is 5.10 Å². The van der Waals surface area contributed by atoms with Gasteiger partial charge in [0.05, 0.1) is 30.6 Å². The Balaban J connectivity index is 1.57. The molecule has 1 amide bonds. The second kappa shape index (κ2) is 7.32. The molecule has 1 unspecified atom stereocenters. The Labute approximate surface area is 157 Å². The van der Waals surface area contributed by atoms with Gasteiger partial charge < -0.3 is 9.64 Å². The molecular weight excluding hydrogens is 345 g/mol. The third kappa shape index (κ3) is 3.36. The van der Waals surface area contributed by atoms with Crippen molar-refractivity contribution in [3.05, 3.63) is 83.4 Å². The molecule has 5 nitrogen and oxygen atoms in total. The topological polar surface area (TPSA) is 47.4 Å². The van der Waals surface area contributed by atoms with Gasteiger partial charge in [-0.15, -0.1) is 0 Å². The van der Waals surface area contributed by atoms with Gasteiger partial charge in [0.25, 0.3) is 5.91 Å². The van der Waals surface area contributed by atoms with Crippen LogP contribution in [-0.4, -0.2) is 40.3 Å². The van der Waals surface area contributed by atoms with Crippen LogP contribution in [0.25, 0.3) is 5.69 Å². The van der Waals surface area contributed by atoms with E-state index in [1.165, 1.54) is 16.9 Å². The predicted octanol–water partition coefficient (Wildman–Crippen LogP) is 3.53. The Morgan fingerprint density at radius 1 is 1.15 bits per heavy atom. The minimum Gasteiger partial charge on any atom is -0.370 e. The first-order valence-electron chi connectivity index (χ1n) is 8.90. The van der Waals surface area contributed by atoms with Gasteiger partial charge in [-0.05, 0) is 24.6 Å². The van der Waals surface area contributed by atoms with Crippen molar-refractivity contribution in [2.75, 3.05) is 19.7 Å². The molecule has 4 rings (SSSR count). The van der Waals surface area contributed by atoms with Gasteiger partial charge in [0.15, 0.2) is 0 Å². The van der Waals surface area contributed by atoms with Crippen molar-refractivity contribution in [2.24, 2.45) is 0 Å². The minimum atomic E-state index is -0.377. The van der Waals surface area contributed by atoms with Gasteiger partial charge in [-0.3, -0.25) is 4.79 Å². The first-order valence-corrected chi connectivity index (χ1v) is 8.90. The van der Waals surface area contributed by atoms with E-state index in [0.29, 0.717) is 36.6 Å². The fourth-order valence-electron chi connectivity index (χ4n) is 3.36. The zero-order valence-electron chi connectivity index (χ0n) is 15.0. The Bertz CT molecular complexity index is 955. The van der Waals surface area contributed by atoms with Gasteiger partial charge in [0.2, 0.25) is 0 Å². The van der Waals surface area contributed by atoms with Crippen molar-refractivity contribution in [1.82, 2.24) is 14.7 Å². The molecule has 0 saturated carbocycles.